The molecule has 5 nitrogen and oxygen atoms in total. The Labute approximate surface area is 108 Å². The van der Waals surface area contributed by atoms with Gasteiger partial charge in [-0.2, -0.15) is 0 Å². The Bertz CT molecular complexity index is 222. The molecule has 1 heterocycles. The maximum atomic E-state index is 5.67. The normalized spacial score (nSPS) is 32.4. The SMILES string of the molecule is C1=CC2CC1OCCOCCOCCOCCO2. The summed E-state index contributed by atoms with van der Waals surface area (Å²) in [7, 11) is 0. The van der Waals surface area contributed by atoms with Crippen LogP contribution in [0, 0.1) is 0 Å². The second-order valence-corrected chi connectivity index (χ2v) is 4.28. The molecule has 1 saturated heterocycles. The Hall–Kier alpha value is -0.460. The molecule has 2 aliphatic rings. The van der Waals surface area contributed by atoms with Crippen molar-refractivity contribution in [3.05, 3.63) is 12.2 Å². The fraction of sp³-hybridized carbons (Fsp3) is 0.846. The van der Waals surface area contributed by atoms with Gasteiger partial charge in [-0.25, -0.2) is 0 Å². The number of hydrogen-bond donors (Lipinski definition) is 0. The number of hydrogen-bond acceptors (Lipinski definition) is 5. The van der Waals surface area contributed by atoms with E-state index in [2.05, 4.69) is 12.2 Å². The van der Waals surface area contributed by atoms with E-state index < -0.39 is 0 Å². The minimum absolute atomic E-state index is 0.156. The molecule has 1 fully saturated rings. The quantitative estimate of drug-likeness (QED) is 0.601. The summed E-state index contributed by atoms with van der Waals surface area (Å²) in [5, 5.41) is 0. The van der Waals surface area contributed by atoms with Gasteiger partial charge in [0.15, 0.2) is 0 Å². The third-order valence-corrected chi connectivity index (χ3v) is 2.87. The van der Waals surface area contributed by atoms with Crippen molar-refractivity contribution in [2.75, 3.05) is 52.9 Å². The molecule has 0 amide bonds. The van der Waals surface area contributed by atoms with Gasteiger partial charge >= 0.3 is 0 Å². The van der Waals surface area contributed by atoms with Crippen molar-refractivity contribution in [1.82, 2.24) is 0 Å². The Balaban J connectivity index is 1.68. The second-order valence-electron chi connectivity index (χ2n) is 4.28. The summed E-state index contributed by atoms with van der Waals surface area (Å²) < 4.78 is 27.5. The molecule has 18 heavy (non-hydrogen) atoms. The highest BCUT2D eigenvalue weighted by Crippen LogP contribution is 2.17. The molecule has 2 unspecified atom stereocenters. The van der Waals surface area contributed by atoms with E-state index in [-0.39, 0.29) is 12.2 Å². The third kappa shape index (κ3) is 5.46. The molecule has 0 spiro atoms. The van der Waals surface area contributed by atoms with E-state index in [9.17, 15) is 0 Å². The molecule has 0 saturated carbocycles. The molecule has 1 aliphatic heterocycles. The zero-order chi connectivity index (χ0) is 12.5. The van der Waals surface area contributed by atoms with E-state index in [1.165, 1.54) is 0 Å². The Morgan fingerprint density at radius 1 is 0.556 bits per heavy atom. The van der Waals surface area contributed by atoms with Crippen LogP contribution in [0.15, 0.2) is 12.2 Å². The van der Waals surface area contributed by atoms with Gasteiger partial charge in [-0.3, -0.25) is 0 Å². The third-order valence-electron chi connectivity index (χ3n) is 2.87. The lowest BCUT2D eigenvalue weighted by atomic mass is 10.3. The van der Waals surface area contributed by atoms with E-state index in [0.717, 1.165) is 6.42 Å². The van der Waals surface area contributed by atoms with Crippen LogP contribution >= 0.6 is 0 Å². The smallest absolute Gasteiger partial charge is 0.0785 e. The molecule has 0 radical (unpaired) electrons. The number of rotatable bonds is 0. The molecular weight excluding hydrogens is 236 g/mol. The summed E-state index contributed by atoms with van der Waals surface area (Å²) in [5.41, 5.74) is 0. The molecule has 0 aromatic rings. The Morgan fingerprint density at radius 2 is 0.944 bits per heavy atom. The summed E-state index contributed by atoms with van der Waals surface area (Å²) in [6.07, 6.45) is 5.33. The van der Waals surface area contributed by atoms with Gasteiger partial charge in [-0.15, -0.1) is 0 Å². The molecule has 0 aromatic carbocycles. The van der Waals surface area contributed by atoms with Crippen molar-refractivity contribution < 1.29 is 23.7 Å². The molecule has 2 atom stereocenters. The first-order valence-electron chi connectivity index (χ1n) is 6.60. The lowest BCUT2D eigenvalue weighted by molar-refractivity contribution is -0.0369. The minimum Gasteiger partial charge on any atom is -0.377 e. The zero-order valence-electron chi connectivity index (χ0n) is 10.7. The molecular formula is C13H22O5. The van der Waals surface area contributed by atoms with Crippen LogP contribution in [0.1, 0.15) is 6.42 Å². The van der Waals surface area contributed by atoms with Crippen molar-refractivity contribution in [2.45, 2.75) is 18.6 Å². The molecule has 2 bridgehead atoms. The molecule has 104 valence electrons. The largest absolute Gasteiger partial charge is 0.377 e. The van der Waals surface area contributed by atoms with E-state index >= 15 is 0 Å². The Morgan fingerprint density at radius 3 is 1.39 bits per heavy atom. The van der Waals surface area contributed by atoms with Crippen molar-refractivity contribution in [3.8, 4) is 0 Å². The maximum Gasteiger partial charge on any atom is 0.0785 e. The topological polar surface area (TPSA) is 46.2 Å². The monoisotopic (exact) mass is 258 g/mol. The second kappa shape index (κ2) is 8.61. The maximum absolute atomic E-state index is 5.67. The zero-order valence-corrected chi connectivity index (χ0v) is 10.7. The van der Waals surface area contributed by atoms with Gasteiger partial charge in [0.25, 0.3) is 0 Å². The lowest BCUT2D eigenvalue weighted by Crippen LogP contribution is -2.20. The van der Waals surface area contributed by atoms with Crippen molar-refractivity contribution in [2.24, 2.45) is 0 Å². The number of fused-ring (bicyclic) bond motifs is 2. The average Bonchev–Trinajstić information content (AvgIpc) is 2.82. The predicted molar refractivity (Wildman–Crippen MR) is 65.7 cm³/mol. The van der Waals surface area contributed by atoms with Gasteiger partial charge in [0, 0.05) is 6.42 Å². The van der Waals surface area contributed by atoms with Gasteiger partial charge in [0.2, 0.25) is 0 Å². The van der Waals surface area contributed by atoms with E-state index in [4.69, 9.17) is 23.7 Å². The summed E-state index contributed by atoms with van der Waals surface area (Å²) in [4.78, 5) is 0. The number of ether oxygens (including phenoxy) is 5. The summed E-state index contributed by atoms with van der Waals surface area (Å²) in [6, 6.07) is 0. The molecule has 0 N–H and O–H groups in total. The van der Waals surface area contributed by atoms with Gasteiger partial charge < -0.3 is 23.7 Å². The van der Waals surface area contributed by atoms with Crippen LogP contribution in [-0.2, 0) is 23.7 Å². The standard InChI is InChI=1S/C13H22O5/c1-2-13-11-12(1)17-9-7-15-5-3-14-4-6-16-8-10-18-13/h1-2,12-13H,3-11H2. The highest BCUT2D eigenvalue weighted by atomic mass is 16.6. The molecule has 1 aliphatic carbocycles. The molecule has 5 heteroatoms. The highest BCUT2D eigenvalue weighted by molar-refractivity contribution is 5.04. The van der Waals surface area contributed by atoms with Crippen molar-refractivity contribution in [3.63, 3.8) is 0 Å². The van der Waals surface area contributed by atoms with E-state index in [1.54, 1.807) is 0 Å². The molecule has 0 aromatic heterocycles. The van der Waals surface area contributed by atoms with Gasteiger partial charge in [0.1, 0.15) is 0 Å². The van der Waals surface area contributed by atoms with Crippen LogP contribution < -0.4 is 0 Å². The summed E-state index contributed by atoms with van der Waals surface area (Å²) in [5.74, 6) is 0. The van der Waals surface area contributed by atoms with E-state index in [1.807, 2.05) is 0 Å². The van der Waals surface area contributed by atoms with Crippen LogP contribution in [0.25, 0.3) is 0 Å². The van der Waals surface area contributed by atoms with Crippen LogP contribution in [0.5, 0.6) is 0 Å². The van der Waals surface area contributed by atoms with Crippen LogP contribution in [-0.4, -0.2) is 65.1 Å². The summed E-state index contributed by atoms with van der Waals surface area (Å²) in [6.45, 7) is 4.86. The van der Waals surface area contributed by atoms with Gasteiger partial charge in [0.05, 0.1) is 65.1 Å². The lowest BCUT2D eigenvalue weighted by Gasteiger charge is -2.15. The molecule has 2 rings (SSSR count). The van der Waals surface area contributed by atoms with Crippen molar-refractivity contribution in [1.29, 1.82) is 0 Å². The predicted octanol–water partition coefficient (Wildman–Crippen LogP) is 0.780. The highest BCUT2D eigenvalue weighted by Gasteiger charge is 2.19. The van der Waals surface area contributed by atoms with Gasteiger partial charge in [-0.1, -0.05) is 12.2 Å². The Kier molecular flexibility index (Phi) is 6.68. The summed E-state index contributed by atoms with van der Waals surface area (Å²) >= 11 is 0. The van der Waals surface area contributed by atoms with Crippen LogP contribution in [0.2, 0.25) is 0 Å². The van der Waals surface area contributed by atoms with E-state index in [0.29, 0.717) is 52.9 Å². The first kappa shape index (κ1) is 14.0. The fourth-order valence-corrected chi connectivity index (χ4v) is 1.94. The minimum atomic E-state index is 0.156. The average molecular weight is 258 g/mol. The fourth-order valence-electron chi connectivity index (χ4n) is 1.94. The first-order chi connectivity index (χ1) is 8.95. The van der Waals surface area contributed by atoms with Crippen LogP contribution in [0.4, 0.5) is 0 Å². The first-order valence-corrected chi connectivity index (χ1v) is 6.60. The van der Waals surface area contributed by atoms with Crippen LogP contribution in [0.3, 0.4) is 0 Å². The van der Waals surface area contributed by atoms with Crippen molar-refractivity contribution >= 4 is 0 Å². The van der Waals surface area contributed by atoms with Gasteiger partial charge in [-0.05, 0) is 0 Å².